The van der Waals surface area contributed by atoms with Crippen LogP contribution in [-0.2, 0) is 22.7 Å². The molecule has 9 heteroatoms. The summed E-state index contributed by atoms with van der Waals surface area (Å²) in [6.45, 7) is 0.741. The molecule has 0 saturated carbocycles. The van der Waals surface area contributed by atoms with Gasteiger partial charge in [0.2, 0.25) is 11.8 Å². The fraction of sp³-hybridized carbons (Fsp3) is 0.318. The van der Waals surface area contributed by atoms with Crippen LogP contribution in [0.4, 0.5) is 0 Å². The first-order chi connectivity index (χ1) is 15.0. The number of hydrogen-bond acceptors (Lipinski definition) is 5. The molecular weight excluding hydrogens is 400 g/mol. The average molecular weight is 424 g/mol. The van der Waals surface area contributed by atoms with E-state index in [0.717, 1.165) is 5.56 Å². The van der Waals surface area contributed by atoms with Crippen LogP contribution in [0.15, 0.2) is 47.3 Å². The molecular formula is C22H24N4O5. The highest BCUT2D eigenvalue weighted by Gasteiger charge is 2.33. The molecule has 3 aromatic rings. The molecule has 2 amide bonds. The number of hydrogen-bond donors (Lipinski definition) is 2. The lowest BCUT2D eigenvalue weighted by Gasteiger charge is -2.19. The van der Waals surface area contributed by atoms with Crippen molar-refractivity contribution in [2.24, 2.45) is 0 Å². The Bertz CT molecular complexity index is 1180. The van der Waals surface area contributed by atoms with Gasteiger partial charge in [-0.25, -0.2) is 4.79 Å². The van der Waals surface area contributed by atoms with Crippen LogP contribution in [0.5, 0.6) is 11.5 Å². The van der Waals surface area contributed by atoms with Gasteiger partial charge in [-0.1, -0.05) is 12.1 Å². The smallest absolute Gasteiger partial charge is 0.326 e. The Morgan fingerprint density at radius 2 is 1.97 bits per heavy atom. The van der Waals surface area contributed by atoms with Gasteiger partial charge in [0.1, 0.15) is 24.1 Å². The first kappa shape index (κ1) is 20.5. The van der Waals surface area contributed by atoms with E-state index in [9.17, 15) is 14.4 Å². The SMILES string of the molecule is COc1ccc(CN2CCC(NC(=O)Cn3c(=O)[nH]c4ccccc43)C2=O)c(OC)c1. The predicted octanol–water partition coefficient (Wildman–Crippen LogP) is 1.26. The number of nitrogens with one attached hydrogen (secondary N) is 2. The van der Waals surface area contributed by atoms with E-state index < -0.39 is 6.04 Å². The van der Waals surface area contributed by atoms with Crippen molar-refractivity contribution in [3.05, 3.63) is 58.5 Å². The fourth-order valence-corrected chi connectivity index (χ4v) is 3.87. The number of carbonyl (C=O) groups excluding carboxylic acids is 2. The average Bonchev–Trinajstić information content (AvgIpc) is 3.28. The second kappa shape index (κ2) is 8.55. The molecule has 2 aromatic carbocycles. The van der Waals surface area contributed by atoms with Gasteiger partial charge in [-0.3, -0.25) is 14.2 Å². The zero-order valence-electron chi connectivity index (χ0n) is 17.4. The van der Waals surface area contributed by atoms with Crippen LogP contribution in [0, 0.1) is 0 Å². The lowest BCUT2D eigenvalue weighted by atomic mass is 10.1. The molecule has 0 aliphatic carbocycles. The number of H-pyrrole nitrogens is 1. The van der Waals surface area contributed by atoms with Crippen molar-refractivity contribution in [3.8, 4) is 11.5 Å². The van der Waals surface area contributed by atoms with E-state index in [-0.39, 0.29) is 24.0 Å². The van der Waals surface area contributed by atoms with E-state index in [4.69, 9.17) is 9.47 Å². The van der Waals surface area contributed by atoms with Gasteiger partial charge in [0.05, 0.1) is 25.3 Å². The Labute approximate surface area is 178 Å². The molecule has 0 bridgehead atoms. The van der Waals surface area contributed by atoms with Crippen LogP contribution in [-0.4, -0.2) is 53.1 Å². The second-order valence-corrected chi connectivity index (χ2v) is 7.38. The number of carbonyl (C=O) groups is 2. The number of aromatic amines is 1. The molecule has 2 heterocycles. The summed E-state index contributed by atoms with van der Waals surface area (Å²) in [6.07, 6.45) is 0.506. The highest BCUT2D eigenvalue weighted by Crippen LogP contribution is 2.27. The minimum absolute atomic E-state index is 0.154. The molecule has 1 aromatic heterocycles. The number of imidazole rings is 1. The number of para-hydroxylation sites is 2. The predicted molar refractivity (Wildman–Crippen MR) is 114 cm³/mol. The highest BCUT2D eigenvalue weighted by molar-refractivity contribution is 5.89. The Balaban J connectivity index is 1.41. The lowest BCUT2D eigenvalue weighted by Crippen LogP contribution is -2.43. The summed E-state index contributed by atoms with van der Waals surface area (Å²) in [7, 11) is 3.15. The fourth-order valence-electron chi connectivity index (χ4n) is 3.87. The maximum atomic E-state index is 12.8. The lowest BCUT2D eigenvalue weighted by molar-refractivity contribution is -0.133. The van der Waals surface area contributed by atoms with Crippen LogP contribution in [0.25, 0.3) is 11.0 Å². The summed E-state index contributed by atoms with van der Waals surface area (Å²) in [5.41, 5.74) is 1.81. The number of ether oxygens (including phenoxy) is 2. The van der Waals surface area contributed by atoms with Crippen molar-refractivity contribution in [1.29, 1.82) is 0 Å². The van der Waals surface area contributed by atoms with Gasteiger partial charge in [0, 0.05) is 24.7 Å². The van der Waals surface area contributed by atoms with Crippen LogP contribution in [0.2, 0.25) is 0 Å². The topological polar surface area (TPSA) is 106 Å². The zero-order valence-corrected chi connectivity index (χ0v) is 17.4. The summed E-state index contributed by atoms with van der Waals surface area (Å²) in [4.78, 5) is 42.0. The molecule has 9 nitrogen and oxygen atoms in total. The summed E-state index contributed by atoms with van der Waals surface area (Å²) >= 11 is 0. The Hall–Kier alpha value is -3.75. The van der Waals surface area contributed by atoms with Crippen molar-refractivity contribution in [2.75, 3.05) is 20.8 Å². The van der Waals surface area contributed by atoms with Crippen molar-refractivity contribution in [3.63, 3.8) is 0 Å². The zero-order chi connectivity index (χ0) is 22.0. The quantitative estimate of drug-likeness (QED) is 0.594. The molecule has 1 aliphatic rings. The van der Waals surface area contributed by atoms with Gasteiger partial charge in [0.25, 0.3) is 0 Å². The molecule has 31 heavy (non-hydrogen) atoms. The molecule has 0 radical (unpaired) electrons. The van der Waals surface area contributed by atoms with Gasteiger partial charge in [-0.05, 0) is 30.7 Å². The van der Waals surface area contributed by atoms with Gasteiger partial charge in [-0.2, -0.15) is 0 Å². The van der Waals surface area contributed by atoms with E-state index in [1.54, 1.807) is 43.4 Å². The second-order valence-electron chi connectivity index (χ2n) is 7.38. The number of benzene rings is 2. The van der Waals surface area contributed by atoms with Crippen molar-refractivity contribution < 1.29 is 19.1 Å². The molecule has 1 aliphatic heterocycles. The number of rotatable bonds is 7. The number of amides is 2. The van der Waals surface area contributed by atoms with E-state index >= 15 is 0 Å². The molecule has 1 saturated heterocycles. The third kappa shape index (κ3) is 4.11. The summed E-state index contributed by atoms with van der Waals surface area (Å²) in [5.74, 6) is 0.774. The number of aromatic nitrogens is 2. The van der Waals surface area contributed by atoms with Crippen LogP contribution >= 0.6 is 0 Å². The maximum Gasteiger partial charge on any atom is 0.326 e. The maximum absolute atomic E-state index is 12.8. The third-order valence-electron chi connectivity index (χ3n) is 5.47. The molecule has 1 fully saturated rings. The molecule has 162 valence electrons. The van der Waals surface area contributed by atoms with Gasteiger partial charge in [0.15, 0.2) is 0 Å². The van der Waals surface area contributed by atoms with Crippen LogP contribution in [0.3, 0.4) is 0 Å². The van der Waals surface area contributed by atoms with E-state index in [1.807, 2.05) is 18.2 Å². The molecule has 4 rings (SSSR count). The summed E-state index contributed by atoms with van der Waals surface area (Å²) < 4.78 is 12.0. The first-order valence-corrected chi connectivity index (χ1v) is 9.96. The Kier molecular flexibility index (Phi) is 5.66. The minimum Gasteiger partial charge on any atom is -0.497 e. The molecule has 1 unspecified atom stereocenters. The van der Waals surface area contributed by atoms with Gasteiger partial charge < -0.3 is 24.7 Å². The van der Waals surface area contributed by atoms with Crippen molar-refractivity contribution >= 4 is 22.8 Å². The largest absolute Gasteiger partial charge is 0.497 e. The van der Waals surface area contributed by atoms with Crippen LogP contribution in [0.1, 0.15) is 12.0 Å². The number of nitrogens with zero attached hydrogens (tertiary/aromatic N) is 2. The monoisotopic (exact) mass is 424 g/mol. The first-order valence-electron chi connectivity index (χ1n) is 9.96. The minimum atomic E-state index is -0.613. The van der Waals surface area contributed by atoms with Gasteiger partial charge >= 0.3 is 5.69 Å². The standard InChI is InChI=1S/C22H24N4O5/c1-30-15-8-7-14(19(11-15)31-2)12-25-10-9-17(21(25)28)23-20(27)13-26-18-6-4-3-5-16(18)24-22(26)29/h3-8,11,17H,9-10,12-13H2,1-2H3,(H,23,27)(H,24,29). The number of fused-ring (bicyclic) bond motifs is 1. The highest BCUT2D eigenvalue weighted by atomic mass is 16.5. The van der Waals surface area contributed by atoms with E-state index in [1.165, 1.54) is 4.57 Å². The van der Waals surface area contributed by atoms with Crippen molar-refractivity contribution in [1.82, 2.24) is 19.8 Å². The summed E-state index contributed by atoms with van der Waals surface area (Å²) in [5, 5.41) is 2.77. The van der Waals surface area contributed by atoms with Gasteiger partial charge in [-0.15, -0.1) is 0 Å². The van der Waals surface area contributed by atoms with Crippen LogP contribution < -0.4 is 20.5 Å². The number of likely N-dealkylation sites (tertiary alicyclic amines) is 1. The Morgan fingerprint density at radius 3 is 2.74 bits per heavy atom. The number of methoxy groups -OCH3 is 2. The molecule has 1 atom stereocenters. The summed E-state index contributed by atoms with van der Waals surface area (Å²) in [6, 6.07) is 12.0. The Morgan fingerprint density at radius 1 is 1.16 bits per heavy atom. The normalized spacial score (nSPS) is 16.0. The molecule has 0 spiro atoms. The van der Waals surface area contributed by atoms with E-state index in [2.05, 4.69) is 10.3 Å². The van der Waals surface area contributed by atoms with E-state index in [0.29, 0.717) is 42.0 Å². The van der Waals surface area contributed by atoms with Crippen molar-refractivity contribution in [2.45, 2.75) is 25.6 Å². The molecule has 2 N–H and O–H groups in total. The third-order valence-corrected chi connectivity index (χ3v) is 5.47.